The Kier molecular flexibility index (Phi) is 3.24. The first-order valence-corrected chi connectivity index (χ1v) is 5.50. The molecule has 0 spiro atoms. The van der Waals surface area contributed by atoms with Crippen molar-refractivity contribution >= 4 is 5.82 Å². The fourth-order valence-electron chi connectivity index (χ4n) is 1.34. The van der Waals surface area contributed by atoms with Crippen molar-refractivity contribution < 1.29 is 9.47 Å². The molecule has 1 aliphatic heterocycles. The monoisotopic (exact) mass is 223 g/mol. The summed E-state index contributed by atoms with van der Waals surface area (Å²) in [6, 6.07) is 1.81. The first-order chi connectivity index (χ1) is 7.69. The summed E-state index contributed by atoms with van der Waals surface area (Å²) in [5.41, 5.74) is 0. The zero-order valence-corrected chi connectivity index (χ0v) is 9.86. The van der Waals surface area contributed by atoms with Gasteiger partial charge in [-0.05, 0) is 0 Å². The minimum absolute atomic E-state index is 0.139. The zero-order valence-electron chi connectivity index (χ0n) is 9.86. The molecule has 0 aromatic carbocycles. The molecule has 1 aromatic heterocycles. The first kappa shape index (κ1) is 11.1. The highest BCUT2D eigenvalue weighted by atomic mass is 16.6. The van der Waals surface area contributed by atoms with Crippen LogP contribution in [0, 0.1) is 0 Å². The molecular weight excluding hydrogens is 206 g/mol. The molecule has 1 N–H and O–H groups in total. The largest absolute Gasteiger partial charge is 0.469 e. The molecule has 0 amide bonds. The fourth-order valence-corrected chi connectivity index (χ4v) is 1.34. The van der Waals surface area contributed by atoms with Gasteiger partial charge in [0.15, 0.2) is 0 Å². The van der Waals surface area contributed by atoms with Gasteiger partial charge < -0.3 is 14.8 Å². The molecule has 0 atom stereocenters. The average molecular weight is 223 g/mol. The van der Waals surface area contributed by atoms with Crippen LogP contribution in [0.15, 0.2) is 6.07 Å². The van der Waals surface area contributed by atoms with E-state index in [1.165, 1.54) is 0 Å². The first-order valence-electron chi connectivity index (χ1n) is 5.50. The summed E-state index contributed by atoms with van der Waals surface area (Å²) >= 11 is 0. The number of ether oxygens (including phenoxy) is 2. The van der Waals surface area contributed by atoms with E-state index in [2.05, 4.69) is 29.1 Å². The van der Waals surface area contributed by atoms with Crippen molar-refractivity contribution in [3.05, 3.63) is 11.9 Å². The van der Waals surface area contributed by atoms with Crippen molar-refractivity contribution in [3.63, 3.8) is 0 Å². The molecule has 0 unspecified atom stereocenters. The number of rotatable bonds is 4. The van der Waals surface area contributed by atoms with Gasteiger partial charge in [-0.3, -0.25) is 0 Å². The molecule has 0 bridgehead atoms. The molecule has 1 saturated heterocycles. The maximum atomic E-state index is 5.67. The lowest BCUT2D eigenvalue weighted by Gasteiger charge is -2.26. The molecule has 5 nitrogen and oxygen atoms in total. The van der Waals surface area contributed by atoms with Gasteiger partial charge in [-0.15, -0.1) is 0 Å². The summed E-state index contributed by atoms with van der Waals surface area (Å²) in [7, 11) is 1.84. The Hall–Kier alpha value is -1.36. The summed E-state index contributed by atoms with van der Waals surface area (Å²) in [6.45, 7) is 5.42. The molecule has 0 saturated carbocycles. The second kappa shape index (κ2) is 4.65. The lowest BCUT2D eigenvalue weighted by molar-refractivity contribution is -0.0814. The van der Waals surface area contributed by atoms with E-state index in [0.29, 0.717) is 19.1 Å². The molecule has 5 heteroatoms. The van der Waals surface area contributed by atoms with E-state index in [0.717, 1.165) is 11.6 Å². The summed E-state index contributed by atoms with van der Waals surface area (Å²) < 4.78 is 10.7. The third-order valence-corrected chi connectivity index (χ3v) is 2.39. The predicted octanol–water partition coefficient (Wildman–Crippen LogP) is 1.42. The highest BCUT2D eigenvalue weighted by molar-refractivity contribution is 5.38. The molecule has 16 heavy (non-hydrogen) atoms. The zero-order chi connectivity index (χ0) is 11.5. The molecule has 1 aliphatic rings. The number of hydrogen-bond donors (Lipinski definition) is 1. The lowest BCUT2D eigenvalue weighted by atomic mass is 10.2. The number of aromatic nitrogens is 2. The highest BCUT2D eigenvalue weighted by Crippen LogP contribution is 2.20. The maximum absolute atomic E-state index is 5.67. The molecule has 88 valence electrons. The van der Waals surface area contributed by atoms with Crippen LogP contribution in [0.25, 0.3) is 0 Å². The molecule has 0 aliphatic carbocycles. The van der Waals surface area contributed by atoms with Crippen LogP contribution >= 0.6 is 0 Å². The van der Waals surface area contributed by atoms with Gasteiger partial charge in [0, 0.05) is 19.0 Å². The van der Waals surface area contributed by atoms with E-state index >= 15 is 0 Å². The van der Waals surface area contributed by atoms with Crippen LogP contribution in [-0.2, 0) is 4.74 Å². The Balaban J connectivity index is 2.18. The molecule has 1 aromatic rings. The second-order valence-corrected chi connectivity index (χ2v) is 4.13. The summed E-state index contributed by atoms with van der Waals surface area (Å²) in [4.78, 5) is 8.74. The Morgan fingerprint density at radius 1 is 1.44 bits per heavy atom. The smallest absolute Gasteiger partial charge is 0.219 e. The quantitative estimate of drug-likeness (QED) is 0.836. The van der Waals surface area contributed by atoms with Gasteiger partial charge in [0.2, 0.25) is 5.88 Å². The number of anilines is 1. The second-order valence-electron chi connectivity index (χ2n) is 4.13. The molecule has 0 radical (unpaired) electrons. The minimum atomic E-state index is 0.139. The Morgan fingerprint density at radius 2 is 2.19 bits per heavy atom. The molecule has 2 heterocycles. The Labute approximate surface area is 95.2 Å². The van der Waals surface area contributed by atoms with Crippen LogP contribution in [0.3, 0.4) is 0 Å². The third kappa shape index (κ3) is 2.41. The number of nitrogens with zero attached hydrogens (tertiary/aromatic N) is 2. The van der Waals surface area contributed by atoms with Gasteiger partial charge in [-0.2, -0.15) is 4.98 Å². The van der Waals surface area contributed by atoms with E-state index in [1.807, 2.05) is 13.1 Å². The van der Waals surface area contributed by atoms with Crippen molar-refractivity contribution in [2.75, 3.05) is 25.6 Å². The van der Waals surface area contributed by atoms with Gasteiger partial charge >= 0.3 is 0 Å². The fraction of sp³-hybridized carbons (Fsp3) is 0.636. The van der Waals surface area contributed by atoms with Gasteiger partial charge in [-0.25, -0.2) is 4.98 Å². The molecule has 1 fully saturated rings. The van der Waals surface area contributed by atoms with E-state index in [1.54, 1.807) is 0 Å². The van der Waals surface area contributed by atoms with E-state index < -0.39 is 0 Å². The summed E-state index contributed by atoms with van der Waals surface area (Å²) in [5.74, 6) is 2.49. The van der Waals surface area contributed by atoms with Crippen molar-refractivity contribution in [2.45, 2.75) is 25.9 Å². The van der Waals surface area contributed by atoms with Crippen molar-refractivity contribution in [1.82, 2.24) is 9.97 Å². The van der Waals surface area contributed by atoms with Gasteiger partial charge in [0.25, 0.3) is 0 Å². The van der Waals surface area contributed by atoms with Crippen LogP contribution in [0.2, 0.25) is 0 Å². The normalized spacial score (nSPS) is 16.0. The summed E-state index contributed by atoms with van der Waals surface area (Å²) in [5, 5.41) is 3.01. The standard InChI is InChI=1S/C11H17N3O2/c1-7(2)11-13-9(12-3)4-10(14-11)16-8-5-15-6-8/h4,7-8H,5-6H2,1-3H3,(H,12,13,14). The SMILES string of the molecule is CNc1cc(OC2COC2)nc(C(C)C)n1. The number of nitrogens with one attached hydrogen (secondary N) is 1. The Bertz CT molecular complexity index is 364. The van der Waals surface area contributed by atoms with Crippen LogP contribution in [0.1, 0.15) is 25.6 Å². The van der Waals surface area contributed by atoms with Crippen LogP contribution in [0.4, 0.5) is 5.82 Å². The predicted molar refractivity (Wildman–Crippen MR) is 60.9 cm³/mol. The maximum Gasteiger partial charge on any atom is 0.219 e. The van der Waals surface area contributed by atoms with E-state index in [-0.39, 0.29) is 12.0 Å². The number of hydrogen-bond acceptors (Lipinski definition) is 5. The van der Waals surface area contributed by atoms with E-state index in [4.69, 9.17) is 9.47 Å². The molecular formula is C11H17N3O2. The van der Waals surface area contributed by atoms with Crippen molar-refractivity contribution in [1.29, 1.82) is 0 Å². The van der Waals surface area contributed by atoms with Crippen LogP contribution in [-0.4, -0.2) is 36.3 Å². The van der Waals surface area contributed by atoms with Crippen molar-refractivity contribution in [2.24, 2.45) is 0 Å². The highest BCUT2D eigenvalue weighted by Gasteiger charge is 2.21. The van der Waals surface area contributed by atoms with Gasteiger partial charge in [0.05, 0.1) is 13.2 Å². The minimum Gasteiger partial charge on any atom is -0.469 e. The molecule has 2 rings (SSSR count). The Morgan fingerprint density at radius 3 is 2.69 bits per heavy atom. The van der Waals surface area contributed by atoms with Gasteiger partial charge in [0.1, 0.15) is 17.7 Å². The van der Waals surface area contributed by atoms with Gasteiger partial charge in [-0.1, -0.05) is 13.8 Å². The van der Waals surface area contributed by atoms with Crippen LogP contribution < -0.4 is 10.1 Å². The van der Waals surface area contributed by atoms with Crippen LogP contribution in [0.5, 0.6) is 5.88 Å². The topological polar surface area (TPSA) is 56.3 Å². The third-order valence-electron chi connectivity index (χ3n) is 2.39. The van der Waals surface area contributed by atoms with E-state index in [9.17, 15) is 0 Å². The summed E-state index contributed by atoms with van der Waals surface area (Å²) in [6.07, 6.45) is 0.139. The average Bonchev–Trinajstić information content (AvgIpc) is 2.23. The van der Waals surface area contributed by atoms with Crippen molar-refractivity contribution in [3.8, 4) is 5.88 Å². The lowest BCUT2D eigenvalue weighted by Crippen LogP contribution is -2.38.